The van der Waals surface area contributed by atoms with Crippen LogP contribution in [0.3, 0.4) is 0 Å². The van der Waals surface area contributed by atoms with Crippen molar-refractivity contribution < 1.29 is 9.53 Å². The Balaban J connectivity index is 1.34. The largest absolute Gasteiger partial charge is 0.375 e. The quantitative estimate of drug-likeness (QED) is 0.863. The van der Waals surface area contributed by atoms with Crippen LogP contribution < -0.4 is 5.32 Å². The second-order valence-electron chi connectivity index (χ2n) is 8.83. The molecular weight excluding hydrogens is 338 g/mol. The number of rotatable bonds is 3. The first-order valence-corrected chi connectivity index (χ1v) is 10.8. The van der Waals surface area contributed by atoms with Crippen molar-refractivity contribution in [2.24, 2.45) is 5.92 Å². The van der Waals surface area contributed by atoms with Crippen molar-refractivity contribution in [2.45, 2.75) is 76.4 Å². The highest BCUT2D eigenvalue weighted by molar-refractivity contribution is 5.94. The summed E-state index contributed by atoms with van der Waals surface area (Å²) in [5.74, 6) is 1.72. The minimum absolute atomic E-state index is 0.0927. The Morgan fingerprint density at radius 1 is 1.19 bits per heavy atom. The van der Waals surface area contributed by atoms with Gasteiger partial charge in [0.1, 0.15) is 5.82 Å². The highest BCUT2D eigenvalue weighted by Gasteiger charge is 2.38. The van der Waals surface area contributed by atoms with Crippen LogP contribution >= 0.6 is 0 Å². The predicted octanol–water partition coefficient (Wildman–Crippen LogP) is 4.25. The lowest BCUT2D eigenvalue weighted by molar-refractivity contribution is -0.103. The van der Waals surface area contributed by atoms with Crippen molar-refractivity contribution in [1.82, 2.24) is 9.88 Å². The second-order valence-corrected chi connectivity index (χ2v) is 8.83. The maximum absolute atomic E-state index is 12.7. The standard InChI is InChI=1S/C22H33N3O2/c1-17-7-12-25(13-8-17)21(26)18-5-6-20(23-16-18)24-19-9-14-27-22(15-19)10-3-2-4-11-22/h5-6,16-17,19H,2-4,7-15H2,1H3,(H,23,24). The van der Waals surface area contributed by atoms with E-state index in [0.29, 0.717) is 11.6 Å². The molecule has 3 aliphatic rings. The van der Waals surface area contributed by atoms with E-state index in [1.54, 1.807) is 6.20 Å². The molecule has 5 heteroatoms. The Bertz CT molecular complexity index is 626. The van der Waals surface area contributed by atoms with Crippen molar-refractivity contribution in [3.8, 4) is 0 Å². The number of nitrogens with zero attached hydrogens (tertiary/aromatic N) is 2. The number of likely N-dealkylation sites (tertiary alicyclic amines) is 1. The SMILES string of the molecule is CC1CCN(C(=O)c2ccc(NC3CCOC4(CCCCC4)C3)nc2)CC1. The minimum atomic E-state index is 0.0927. The van der Waals surface area contributed by atoms with Crippen LogP contribution in [0.2, 0.25) is 0 Å². The average molecular weight is 372 g/mol. The van der Waals surface area contributed by atoms with Crippen LogP contribution in [0, 0.1) is 5.92 Å². The van der Waals surface area contributed by atoms with E-state index in [4.69, 9.17) is 4.74 Å². The van der Waals surface area contributed by atoms with Gasteiger partial charge < -0.3 is 15.0 Å². The number of pyridine rings is 1. The predicted molar refractivity (Wildman–Crippen MR) is 107 cm³/mol. The molecule has 4 rings (SSSR count). The molecular formula is C22H33N3O2. The average Bonchev–Trinajstić information content (AvgIpc) is 2.69. The van der Waals surface area contributed by atoms with Crippen LogP contribution in [0.4, 0.5) is 5.82 Å². The minimum Gasteiger partial charge on any atom is -0.375 e. The lowest BCUT2D eigenvalue weighted by Gasteiger charge is -2.43. The Labute approximate surface area is 162 Å². The summed E-state index contributed by atoms with van der Waals surface area (Å²) in [5.41, 5.74) is 0.793. The molecule has 1 aromatic heterocycles. The first-order chi connectivity index (χ1) is 13.1. The van der Waals surface area contributed by atoms with Gasteiger partial charge >= 0.3 is 0 Å². The molecule has 1 atom stereocenters. The topological polar surface area (TPSA) is 54.5 Å². The van der Waals surface area contributed by atoms with Gasteiger partial charge in [0, 0.05) is 31.9 Å². The van der Waals surface area contributed by atoms with Crippen molar-refractivity contribution in [2.75, 3.05) is 25.0 Å². The molecule has 1 aromatic rings. The number of hydrogen-bond donors (Lipinski definition) is 1. The number of nitrogens with one attached hydrogen (secondary N) is 1. The Morgan fingerprint density at radius 2 is 1.96 bits per heavy atom. The van der Waals surface area contributed by atoms with Crippen molar-refractivity contribution in [3.63, 3.8) is 0 Å². The van der Waals surface area contributed by atoms with Crippen LogP contribution in [-0.2, 0) is 4.74 Å². The van der Waals surface area contributed by atoms with Gasteiger partial charge in [0.25, 0.3) is 5.91 Å². The van der Waals surface area contributed by atoms with Gasteiger partial charge in [-0.2, -0.15) is 0 Å². The van der Waals surface area contributed by atoms with E-state index in [9.17, 15) is 4.79 Å². The van der Waals surface area contributed by atoms with E-state index >= 15 is 0 Å². The fraction of sp³-hybridized carbons (Fsp3) is 0.727. The Hall–Kier alpha value is -1.62. The number of piperidine rings is 1. The molecule has 1 aliphatic carbocycles. The van der Waals surface area contributed by atoms with E-state index < -0.39 is 0 Å². The smallest absolute Gasteiger partial charge is 0.255 e. The van der Waals surface area contributed by atoms with Gasteiger partial charge in [-0.05, 0) is 56.6 Å². The van der Waals surface area contributed by atoms with Crippen LogP contribution in [0.15, 0.2) is 18.3 Å². The van der Waals surface area contributed by atoms with Gasteiger partial charge in [-0.25, -0.2) is 4.98 Å². The second kappa shape index (κ2) is 8.17. The summed E-state index contributed by atoms with van der Waals surface area (Å²) in [5, 5.41) is 3.59. The molecule has 0 aromatic carbocycles. The number of aromatic nitrogens is 1. The summed E-state index contributed by atoms with van der Waals surface area (Å²) >= 11 is 0. The third-order valence-electron chi connectivity index (χ3n) is 6.69. The van der Waals surface area contributed by atoms with E-state index in [2.05, 4.69) is 17.2 Å². The summed E-state index contributed by atoms with van der Waals surface area (Å²) in [4.78, 5) is 19.2. The maximum atomic E-state index is 12.7. The number of carbonyl (C=O) groups excluding carboxylic acids is 1. The van der Waals surface area contributed by atoms with Gasteiger partial charge in [-0.15, -0.1) is 0 Å². The zero-order valence-electron chi connectivity index (χ0n) is 16.6. The molecule has 148 valence electrons. The number of carbonyl (C=O) groups is 1. The summed E-state index contributed by atoms with van der Waals surface area (Å²) in [6.07, 6.45) is 12.3. The summed E-state index contributed by atoms with van der Waals surface area (Å²) in [6, 6.07) is 4.29. The lowest BCUT2D eigenvalue weighted by atomic mass is 9.78. The number of amides is 1. The van der Waals surface area contributed by atoms with Crippen LogP contribution in [0.25, 0.3) is 0 Å². The molecule has 1 amide bonds. The van der Waals surface area contributed by atoms with E-state index in [1.807, 2.05) is 17.0 Å². The van der Waals surface area contributed by atoms with Crippen molar-refractivity contribution in [3.05, 3.63) is 23.9 Å². The van der Waals surface area contributed by atoms with E-state index in [0.717, 1.165) is 57.1 Å². The molecule has 3 heterocycles. The van der Waals surface area contributed by atoms with Crippen LogP contribution in [0.1, 0.15) is 75.1 Å². The fourth-order valence-electron chi connectivity index (χ4n) is 4.90. The maximum Gasteiger partial charge on any atom is 0.255 e. The first-order valence-electron chi connectivity index (χ1n) is 10.8. The molecule has 2 saturated heterocycles. The molecule has 5 nitrogen and oxygen atoms in total. The van der Waals surface area contributed by atoms with Crippen molar-refractivity contribution >= 4 is 11.7 Å². The van der Waals surface area contributed by atoms with Crippen molar-refractivity contribution in [1.29, 1.82) is 0 Å². The summed E-state index contributed by atoms with van der Waals surface area (Å²) in [6.45, 7) is 4.83. The molecule has 0 bridgehead atoms. The Morgan fingerprint density at radius 3 is 2.67 bits per heavy atom. The molecule has 1 unspecified atom stereocenters. The summed E-state index contributed by atoms with van der Waals surface area (Å²) in [7, 11) is 0. The number of anilines is 1. The van der Waals surface area contributed by atoms with Gasteiger partial charge in [0.15, 0.2) is 0 Å². The molecule has 0 radical (unpaired) electrons. The van der Waals surface area contributed by atoms with E-state index in [1.165, 1.54) is 32.1 Å². The van der Waals surface area contributed by atoms with Crippen LogP contribution in [0.5, 0.6) is 0 Å². The van der Waals surface area contributed by atoms with E-state index in [-0.39, 0.29) is 11.5 Å². The number of hydrogen-bond acceptors (Lipinski definition) is 4. The summed E-state index contributed by atoms with van der Waals surface area (Å²) < 4.78 is 6.19. The third-order valence-corrected chi connectivity index (χ3v) is 6.69. The molecule has 2 aliphatic heterocycles. The molecule has 1 N–H and O–H groups in total. The molecule has 1 saturated carbocycles. The van der Waals surface area contributed by atoms with Gasteiger partial charge in [-0.3, -0.25) is 4.79 Å². The van der Waals surface area contributed by atoms with Gasteiger partial charge in [-0.1, -0.05) is 26.2 Å². The third kappa shape index (κ3) is 4.45. The Kier molecular flexibility index (Phi) is 5.67. The van der Waals surface area contributed by atoms with Gasteiger partial charge in [0.2, 0.25) is 0 Å². The molecule has 27 heavy (non-hydrogen) atoms. The normalized spacial score (nSPS) is 26.1. The monoisotopic (exact) mass is 371 g/mol. The number of ether oxygens (including phenoxy) is 1. The molecule has 1 spiro atoms. The lowest BCUT2D eigenvalue weighted by Crippen LogP contribution is -2.45. The zero-order chi connectivity index (χ0) is 18.7. The first kappa shape index (κ1) is 18.7. The zero-order valence-corrected chi connectivity index (χ0v) is 16.6. The van der Waals surface area contributed by atoms with Gasteiger partial charge in [0.05, 0.1) is 11.2 Å². The van der Waals surface area contributed by atoms with Crippen LogP contribution in [-0.4, -0.2) is 47.1 Å². The fourth-order valence-corrected chi connectivity index (χ4v) is 4.90. The highest BCUT2D eigenvalue weighted by atomic mass is 16.5. The highest BCUT2D eigenvalue weighted by Crippen LogP contribution is 2.39. The molecule has 3 fully saturated rings.